The van der Waals surface area contributed by atoms with Gasteiger partial charge in [0.05, 0.1) is 5.02 Å². The highest BCUT2D eigenvalue weighted by molar-refractivity contribution is 9.10. The Morgan fingerprint density at radius 2 is 2.27 bits per heavy atom. The normalized spacial score (nSPS) is 13.1. The number of fused-ring (bicyclic) bond motifs is 1. The number of rotatable bonds is 4. The first-order valence-corrected chi connectivity index (χ1v) is 8.35. The number of aromatic nitrogens is 2. The molecule has 0 aliphatic carbocycles. The molecule has 1 N–H and O–H groups in total. The lowest BCUT2D eigenvalue weighted by Gasteiger charge is -2.26. The summed E-state index contributed by atoms with van der Waals surface area (Å²) >= 11 is 9.50. The summed E-state index contributed by atoms with van der Waals surface area (Å²) in [5, 5.41) is 3.86. The fourth-order valence-electron chi connectivity index (χ4n) is 2.38. The van der Waals surface area contributed by atoms with Crippen molar-refractivity contribution in [3.05, 3.63) is 45.5 Å². The maximum Gasteiger partial charge on any atom is 0.229 e. The first-order valence-electron chi connectivity index (χ1n) is 7.18. The van der Waals surface area contributed by atoms with Crippen LogP contribution in [0.3, 0.4) is 0 Å². The lowest BCUT2D eigenvalue weighted by molar-refractivity contribution is 0.795. The first-order chi connectivity index (χ1) is 10.7. The van der Waals surface area contributed by atoms with E-state index >= 15 is 0 Å². The third-order valence-electron chi connectivity index (χ3n) is 3.39. The van der Waals surface area contributed by atoms with Crippen LogP contribution < -0.4 is 10.2 Å². The summed E-state index contributed by atoms with van der Waals surface area (Å²) in [5.74, 6) is 1.55. The summed E-state index contributed by atoms with van der Waals surface area (Å²) in [6.07, 6.45) is 7.15. The maximum absolute atomic E-state index is 6.11. The summed E-state index contributed by atoms with van der Waals surface area (Å²) in [6.45, 7) is 4.04. The van der Waals surface area contributed by atoms with Crippen LogP contribution >= 0.6 is 27.5 Å². The molecule has 1 aromatic carbocycles. The highest BCUT2D eigenvalue weighted by atomic mass is 79.9. The molecule has 0 saturated carbocycles. The van der Waals surface area contributed by atoms with Crippen LogP contribution in [0.25, 0.3) is 6.08 Å². The molecule has 0 amide bonds. The molecule has 0 fully saturated rings. The summed E-state index contributed by atoms with van der Waals surface area (Å²) in [5.41, 5.74) is 1.92. The Labute approximate surface area is 143 Å². The van der Waals surface area contributed by atoms with Crippen molar-refractivity contribution in [3.63, 3.8) is 0 Å². The summed E-state index contributed by atoms with van der Waals surface area (Å²) in [6, 6.07) is 5.68. The van der Waals surface area contributed by atoms with Gasteiger partial charge in [0.2, 0.25) is 5.95 Å². The molecule has 6 heteroatoms. The number of hydrogen-bond donors (Lipinski definition) is 1. The van der Waals surface area contributed by atoms with Gasteiger partial charge in [0.1, 0.15) is 5.82 Å². The Hall–Kier alpha value is -1.59. The Balaban J connectivity index is 1.87. The number of halogens is 2. The Morgan fingerprint density at radius 1 is 1.41 bits per heavy atom. The number of hydrogen-bond acceptors (Lipinski definition) is 4. The van der Waals surface area contributed by atoms with E-state index in [0.29, 0.717) is 11.0 Å². The van der Waals surface area contributed by atoms with Gasteiger partial charge < -0.3 is 10.2 Å². The molecule has 0 atom stereocenters. The zero-order valence-corrected chi connectivity index (χ0v) is 14.5. The van der Waals surface area contributed by atoms with Crippen molar-refractivity contribution in [2.75, 3.05) is 23.3 Å². The molecule has 4 nitrogen and oxygen atoms in total. The van der Waals surface area contributed by atoms with Gasteiger partial charge in [-0.25, -0.2) is 4.98 Å². The van der Waals surface area contributed by atoms with Crippen LogP contribution in [0.1, 0.15) is 18.9 Å². The molecule has 0 saturated heterocycles. The molecular weight excluding hydrogens is 364 g/mol. The highest BCUT2D eigenvalue weighted by Crippen LogP contribution is 2.28. The Bertz CT molecular complexity index is 717. The van der Waals surface area contributed by atoms with Gasteiger partial charge >= 0.3 is 0 Å². The molecule has 0 bridgehead atoms. The largest absolute Gasteiger partial charge is 0.352 e. The Morgan fingerprint density at radius 3 is 3.05 bits per heavy atom. The van der Waals surface area contributed by atoms with E-state index in [9.17, 15) is 0 Å². The van der Waals surface area contributed by atoms with Crippen LogP contribution in [0.2, 0.25) is 5.02 Å². The molecule has 0 spiro atoms. The molecule has 1 aliphatic rings. The molecule has 114 valence electrons. The van der Waals surface area contributed by atoms with Crippen molar-refractivity contribution in [3.8, 4) is 0 Å². The quantitative estimate of drug-likeness (QED) is 0.822. The fourth-order valence-corrected chi connectivity index (χ4v) is 2.80. The SMILES string of the molecule is CCCN1CC=Cc2cnc(Nc3ccc(Br)c(Cl)c3)nc21. The lowest BCUT2D eigenvalue weighted by atomic mass is 10.2. The predicted molar refractivity (Wildman–Crippen MR) is 96.0 cm³/mol. The monoisotopic (exact) mass is 378 g/mol. The van der Waals surface area contributed by atoms with E-state index in [1.807, 2.05) is 24.4 Å². The summed E-state index contributed by atoms with van der Waals surface area (Å²) < 4.78 is 0.866. The highest BCUT2D eigenvalue weighted by Gasteiger charge is 2.15. The van der Waals surface area contributed by atoms with Gasteiger partial charge in [0, 0.05) is 35.0 Å². The van der Waals surface area contributed by atoms with Crippen molar-refractivity contribution >= 4 is 51.1 Å². The van der Waals surface area contributed by atoms with Gasteiger partial charge in [-0.1, -0.05) is 30.7 Å². The zero-order valence-electron chi connectivity index (χ0n) is 12.2. The minimum atomic E-state index is 0.577. The van der Waals surface area contributed by atoms with E-state index in [1.165, 1.54) is 0 Å². The zero-order chi connectivity index (χ0) is 15.5. The van der Waals surface area contributed by atoms with E-state index in [-0.39, 0.29) is 0 Å². The average molecular weight is 380 g/mol. The maximum atomic E-state index is 6.11. The molecule has 3 rings (SSSR count). The molecule has 2 heterocycles. The third-order valence-corrected chi connectivity index (χ3v) is 4.62. The molecule has 1 aliphatic heterocycles. The van der Waals surface area contributed by atoms with E-state index in [1.54, 1.807) is 0 Å². The van der Waals surface area contributed by atoms with Gasteiger partial charge in [-0.3, -0.25) is 0 Å². The second kappa shape index (κ2) is 6.67. The number of benzene rings is 1. The van der Waals surface area contributed by atoms with Gasteiger partial charge in [0.25, 0.3) is 0 Å². The van der Waals surface area contributed by atoms with Crippen molar-refractivity contribution in [2.24, 2.45) is 0 Å². The van der Waals surface area contributed by atoms with Crippen molar-refractivity contribution < 1.29 is 0 Å². The molecule has 22 heavy (non-hydrogen) atoms. The second-order valence-corrected chi connectivity index (χ2v) is 6.34. The van der Waals surface area contributed by atoms with Crippen LogP contribution in [-0.2, 0) is 0 Å². The van der Waals surface area contributed by atoms with E-state index in [2.05, 4.69) is 55.2 Å². The number of anilines is 3. The molecule has 0 radical (unpaired) electrons. The third kappa shape index (κ3) is 3.25. The first kappa shape index (κ1) is 15.3. The molecule has 0 unspecified atom stereocenters. The van der Waals surface area contributed by atoms with Gasteiger partial charge in [-0.05, 0) is 40.5 Å². The van der Waals surface area contributed by atoms with Crippen molar-refractivity contribution in [1.29, 1.82) is 0 Å². The topological polar surface area (TPSA) is 41.1 Å². The molecule has 2 aromatic rings. The van der Waals surface area contributed by atoms with Crippen LogP contribution in [0.5, 0.6) is 0 Å². The molecule has 1 aromatic heterocycles. The number of nitrogens with one attached hydrogen (secondary N) is 1. The van der Waals surface area contributed by atoms with Crippen molar-refractivity contribution in [1.82, 2.24) is 9.97 Å². The molecular formula is C16H16BrClN4. The van der Waals surface area contributed by atoms with Crippen LogP contribution in [-0.4, -0.2) is 23.1 Å². The van der Waals surface area contributed by atoms with Crippen LogP contribution in [0.4, 0.5) is 17.5 Å². The van der Waals surface area contributed by atoms with E-state index < -0.39 is 0 Å². The van der Waals surface area contributed by atoms with Crippen molar-refractivity contribution in [2.45, 2.75) is 13.3 Å². The summed E-state index contributed by atoms with van der Waals surface area (Å²) in [7, 11) is 0. The van der Waals surface area contributed by atoms with E-state index in [0.717, 1.165) is 41.1 Å². The standard InChI is InChI=1S/C16H16BrClN4/c1-2-7-22-8-3-4-11-10-19-16(21-15(11)22)20-12-5-6-13(17)14(18)9-12/h3-6,9-10H,2,7-8H2,1H3,(H,19,20,21). The van der Waals surface area contributed by atoms with Crippen LogP contribution in [0.15, 0.2) is 34.9 Å². The van der Waals surface area contributed by atoms with Gasteiger partial charge in [-0.15, -0.1) is 0 Å². The average Bonchev–Trinajstić information content (AvgIpc) is 2.52. The minimum Gasteiger partial charge on any atom is -0.352 e. The lowest BCUT2D eigenvalue weighted by Crippen LogP contribution is -2.28. The van der Waals surface area contributed by atoms with Crippen LogP contribution in [0, 0.1) is 0 Å². The number of nitrogens with zero attached hydrogens (tertiary/aromatic N) is 3. The smallest absolute Gasteiger partial charge is 0.229 e. The summed E-state index contributed by atoms with van der Waals surface area (Å²) in [4.78, 5) is 11.3. The fraction of sp³-hybridized carbons (Fsp3) is 0.250. The van der Waals surface area contributed by atoms with E-state index in [4.69, 9.17) is 11.6 Å². The van der Waals surface area contributed by atoms with Gasteiger partial charge in [0.15, 0.2) is 0 Å². The minimum absolute atomic E-state index is 0.577. The predicted octanol–water partition coefficient (Wildman–Crippen LogP) is 4.88. The van der Waals surface area contributed by atoms with Gasteiger partial charge in [-0.2, -0.15) is 4.98 Å². The Kier molecular flexibility index (Phi) is 4.64. The second-order valence-electron chi connectivity index (χ2n) is 5.07.